The molecule has 3 N–H and O–H groups in total. The standard InChI is InChI=1S/C22H21ClN4O/c23-21-17(16-5-2-1-3-6-16)7-4-8-19(21)26-22-18-10-13-27(15-24-12-14-28)20(18)9-11-25-22/h1-11,13,24,28H,12,14-15H2,(H,25,26). The molecule has 4 rings (SSSR count). The molecule has 0 unspecified atom stereocenters. The van der Waals surface area contributed by atoms with Gasteiger partial charge in [-0.1, -0.05) is 54.1 Å². The largest absolute Gasteiger partial charge is 0.395 e. The SMILES string of the molecule is OCCNCn1ccc2c(Nc3cccc(-c4ccccc4)c3Cl)nccc21. The number of benzene rings is 2. The van der Waals surface area contributed by atoms with E-state index in [-0.39, 0.29) is 6.61 Å². The Hall–Kier alpha value is -2.86. The van der Waals surface area contributed by atoms with Crippen LogP contribution in [0.25, 0.3) is 22.0 Å². The predicted octanol–water partition coefficient (Wildman–Crippen LogP) is 4.64. The van der Waals surface area contributed by atoms with Crippen molar-refractivity contribution in [1.82, 2.24) is 14.9 Å². The van der Waals surface area contributed by atoms with Gasteiger partial charge < -0.3 is 15.0 Å². The number of pyridine rings is 1. The molecule has 28 heavy (non-hydrogen) atoms. The number of hydrogen-bond donors (Lipinski definition) is 3. The Bertz CT molecular complexity index is 1080. The van der Waals surface area contributed by atoms with Crippen molar-refractivity contribution in [1.29, 1.82) is 0 Å². The molecule has 0 radical (unpaired) electrons. The van der Waals surface area contributed by atoms with Gasteiger partial charge in [-0.25, -0.2) is 4.98 Å². The molecule has 2 aromatic heterocycles. The highest BCUT2D eigenvalue weighted by Crippen LogP contribution is 2.36. The van der Waals surface area contributed by atoms with Gasteiger partial charge in [-0.3, -0.25) is 5.32 Å². The normalized spacial score (nSPS) is 11.1. The lowest BCUT2D eigenvalue weighted by molar-refractivity contribution is 0.287. The van der Waals surface area contributed by atoms with Gasteiger partial charge in [0, 0.05) is 29.9 Å². The van der Waals surface area contributed by atoms with Crippen LogP contribution in [0.15, 0.2) is 73.1 Å². The van der Waals surface area contributed by atoms with E-state index in [1.807, 2.05) is 66.9 Å². The lowest BCUT2D eigenvalue weighted by Gasteiger charge is -2.13. The molecule has 0 aliphatic rings. The summed E-state index contributed by atoms with van der Waals surface area (Å²) in [6.07, 6.45) is 3.78. The van der Waals surface area contributed by atoms with E-state index in [1.54, 1.807) is 6.20 Å². The van der Waals surface area contributed by atoms with Crippen LogP contribution in [-0.2, 0) is 6.67 Å². The van der Waals surface area contributed by atoms with Crippen LogP contribution in [0.1, 0.15) is 0 Å². The summed E-state index contributed by atoms with van der Waals surface area (Å²) in [6, 6.07) is 20.0. The van der Waals surface area contributed by atoms with Crippen LogP contribution in [0.3, 0.4) is 0 Å². The number of rotatable bonds is 7. The topological polar surface area (TPSA) is 62.1 Å². The summed E-state index contributed by atoms with van der Waals surface area (Å²) >= 11 is 6.70. The summed E-state index contributed by atoms with van der Waals surface area (Å²) in [6.45, 7) is 1.29. The second-order valence-corrected chi connectivity index (χ2v) is 6.80. The highest BCUT2D eigenvalue weighted by molar-refractivity contribution is 6.36. The molecule has 0 aliphatic heterocycles. The minimum Gasteiger partial charge on any atom is -0.395 e. The third-order valence-corrected chi connectivity index (χ3v) is 5.01. The van der Waals surface area contributed by atoms with Crippen molar-refractivity contribution in [3.05, 3.63) is 78.1 Å². The number of hydrogen-bond acceptors (Lipinski definition) is 4. The van der Waals surface area contributed by atoms with Gasteiger partial charge in [0.05, 0.1) is 29.5 Å². The molecular formula is C22H21ClN4O. The van der Waals surface area contributed by atoms with Gasteiger partial charge in [0.2, 0.25) is 0 Å². The van der Waals surface area contributed by atoms with E-state index in [2.05, 4.69) is 20.2 Å². The summed E-state index contributed by atoms with van der Waals surface area (Å²) in [5.74, 6) is 0.755. The molecule has 0 saturated carbocycles. The fourth-order valence-corrected chi connectivity index (χ4v) is 3.52. The summed E-state index contributed by atoms with van der Waals surface area (Å²) in [4.78, 5) is 4.51. The van der Waals surface area contributed by atoms with Crippen LogP contribution in [-0.4, -0.2) is 27.8 Å². The summed E-state index contributed by atoms with van der Waals surface area (Å²) in [7, 11) is 0. The van der Waals surface area contributed by atoms with Crippen LogP contribution in [0.4, 0.5) is 11.5 Å². The first-order valence-electron chi connectivity index (χ1n) is 9.14. The number of aromatic nitrogens is 2. The van der Waals surface area contributed by atoms with Crippen molar-refractivity contribution in [2.45, 2.75) is 6.67 Å². The Balaban J connectivity index is 1.66. The monoisotopic (exact) mass is 392 g/mol. The van der Waals surface area contributed by atoms with E-state index in [4.69, 9.17) is 16.7 Å². The number of fused-ring (bicyclic) bond motifs is 1. The maximum atomic E-state index is 8.94. The fourth-order valence-electron chi connectivity index (χ4n) is 3.24. The summed E-state index contributed by atoms with van der Waals surface area (Å²) in [5, 5.41) is 17.2. The fraction of sp³-hybridized carbons (Fsp3) is 0.136. The third-order valence-electron chi connectivity index (χ3n) is 4.61. The second-order valence-electron chi connectivity index (χ2n) is 6.42. The van der Waals surface area contributed by atoms with Crippen LogP contribution in [0.5, 0.6) is 0 Å². The molecule has 0 atom stereocenters. The molecular weight excluding hydrogens is 372 g/mol. The number of anilines is 2. The minimum absolute atomic E-state index is 0.115. The molecule has 0 spiro atoms. The molecule has 5 nitrogen and oxygen atoms in total. The van der Waals surface area contributed by atoms with Gasteiger partial charge in [-0.2, -0.15) is 0 Å². The first-order valence-corrected chi connectivity index (χ1v) is 9.52. The van der Waals surface area contributed by atoms with Gasteiger partial charge in [0.15, 0.2) is 0 Å². The summed E-state index contributed by atoms with van der Waals surface area (Å²) < 4.78 is 2.08. The maximum Gasteiger partial charge on any atom is 0.139 e. The molecule has 6 heteroatoms. The molecule has 0 fully saturated rings. The van der Waals surface area contributed by atoms with Crippen LogP contribution < -0.4 is 10.6 Å². The summed E-state index contributed by atoms with van der Waals surface area (Å²) in [5.41, 5.74) is 3.92. The van der Waals surface area contributed by atoms with Crippen LogP contribution >= 0.6 is 11.6 Å². The van der Waals surface area contributed by atoms with Crippen molar-refractivity contribution < 1.29 is 5.11 Å². The Morgan fingerprint density at radius 3 is 2.68 bits per heavy atom. The van der Waals surface area contributed by atoms with E-state index < -0.39 is 0 Å². The maximum absolute atomic E-state index is 8.94. The third kappa shape index (κ3) is 3.73. The number of aliphatic hydroxyl groups excluding tert-OH is 1. The molecule has 2 aromatic carbocycles. The zero-order valence-corrected chi connectivity index (χ0v) is 16.0. The minimum atomic E-state index is 0.115. The van der Waals surface area contributed by atoms with E-state index in [0.29, 0.717) is 18.2 Å². The zero-order valence-electron chi connectivity index (χ0n) is 15.3. The van der Waals surface area contributed by atoms with Gasteiger partial charge in [-0.15, -0.1) is 0 Å². The zero-order chi connectivity index (χ0) is 19.3. The predicted molar refractivity (Wildman–Crippen MR) is 115 cm³/mol. The highest BCUT2D eigenvalue weighted by Gasteiger charge is 2.11. The Kier molecular flexibility index (Phi) is 5.58. The van der Waals surface area contributed by atoms with Crippen molar-refractivity contribution in [2.24, 2.45) is 0 Å². The number of nitrogens with one attached hydrogen (secondary N) is 2. The molecule has 2 heterocycles. The van der Waals surface area contributed by atoms with Gasteiger partial charge in [0.25, 0.3) is 0 Å². The van der Waals surface area contributed by atoms with Crippen LogP contribution in [0.2, 0.25) is 5.02 Å². The quantitative estimate of drug-likeness (QED) is 0.401. The molecule has 0 amide bonds. The van der Waals surface area contributed by atoms with Gasteiger partial charge >= 0.3 is 0 Å². The molecule has 0 bridgehead atoms. The van der Waals surface area contributed by atoms with Gasteiger partial charge in [-0.05, 0) is 23.8 Å². The number of halogens is 1. The second kappa shape index (κ2) is 8.44. The number of aliphatic hydroxyl groups is 1. The molecule has 0 saturated heterocycles. The van der Waals surface area contributed by atoms with E-state index in [9.17, 15) is 0 Å². The number of nitrogens with zero attached hydrogens (tertiary/aromatic N) is 2. The van der Waals surface area contributed by atoms with Crippen molar-refractivity contribution in [3.63, 3.8) is 0 Å². The molecule has 0 aliphatic carbocycles. The first kappa shape index (κ1) is 18.5. The highest BCUT2D eigenvalue weighted by atomic mass is 35.5. The van der Waals surface area contributed by atoms with E-state index >= 15 is 0 Å². The van der Waals surface area contributed by atoms with Crippen molar-refractivity contribution in [2.75, 3.05) is 18.5 Å². The van der Waals surface area contributed by atoms with E-state index in [1.165, 1.54) is 0 Å². The van der Waals surface area contributed by atoms with E-state index in [0.717, 1.165) is 33.5 Å². The molecule has 4 aromatic rings. The van der Waals surface area contributed by atoms with Crippen LogP contribution in [0, 0.1) is 0 Å². The van der Waals surface area contributed by atoms with Crippen molar-refractivity contribution >= 4 is 34.0 Å². The van der Waals surface area contributed by atoms with Crippen molar-refractivity contribution in [3.8, 4) is 11.1 Å². The smallest absolute Gasteiger partial charge is 0.139 e. The Labute approximate surface area is 168 Å². The average Bonchev–Trinajstić information content (AvgIpc) is 3.15. The first-order chi connectivity index (χ1) is 13.8. The lowest BCUT2D eigenvalue weighted by atomic mass is 10.1. The average molecular weight is 393 g/mol. The Morgan fingerprint density at radius 2 is 1.86 bits per heavy atom. The Morgan fingerprint density at radius 1 is 1.00 bits per heavy atom. The lowest BCUT2D eigenvalue weighted by Crippen LogP contribution is -2.21. The molecule has 142 valence electrons. The van der Waals surface area contributed by atoms with Gasteiger partial charge in [0.1, 0.15) is 5.82 Å².